The van der Waals surface area contributed by atoms with Crippen LogP contribution in [0.25, 0.3) is 11.1 Å². The number of ether oxygens (including phenoxy) is 1. The third-order valence-corrected chi connectivity index (χ3v) is 3.47. The van der Waals surface area contributed by atoms with Crippen LogP contribution in [0.3, 0.4) is 0 Å². The Labute approximate surface area is 131 Å². The first-order chi connectivity index (χ1) is 10.8. The predicted octanol–water partition coefficient (Wildman–Crippen LogP) is 4.91. The highest BCUT2D eigenvalue weighted by atomic mass is 16.5. The minimum atomic E-state index is 0.570. The van der Waals surface area contributed by atoms with Gasteiger partial charge in [-0.2, -0.15) is 0 Å². The van der Waals surface area contributed by atoms with Gasteiger partial charge in [-0.1, -0.05) is 60.5 Å². The Hall–Kier alpha value is -2.98. The van der Waals surface area contributed by atoms with E-state index in [4.69, 9.17) is 11.2 Å². The maximum atomic E-state index is 5.87. The topological polar surface area (TPSA) is 9.23 Å². The van der Waals surface area contributed by atoms with Crippen molar-refractivity contribution in [2.75, 3.05) is 0 Å². The van der Waals surface area contributed by atoms with Gasteiger partial charge in [0.05, 0.1) is 0 Å². The molecule has 0 heterocycles. The van der Waals surface area contributed by atoms with Gasteiger partial charge < -0.3 is 4.74 Å². The summed E-state index contributed by atoms with van der Waals surface area (Å²) in [6.07, 6.45) is 5.39. The summed E-state index contributed by atoms with van der Waals surface area (Å²) in [5, 5.41) is 0. The number of hydrogen-bond acceptors (Lipinski definition) is 1. The molecule has 1 nitrogen and oxygen atoms in total. The van der Waals surface area contributed by atoms with E-state index < -0.39 is 0 Å². The van der Waals surface area contributed by atoms with Crippen molar-refractivity contribution in [3.63, 3.8) is 0 Å². The van der Waals surface area contributed by atoms with E-state index in [2.05, 4.69) is 24.1 Å². The Morgan fingerprint density at radius 2 is 1.55 bits per heavy atom. The first kappa shape index (κ1) is 14.0. The molecule has 0 amide bonds. The predicted molar refractivity (Wildman–Crippen MR) is 90.6 cm³/mol. The average molecular weight is 284 g/mol. The number of benzene rings is 3. The smallest absolute Gasteiger partial charge is 0.120 e. The molecule has 3 rings (SSSR count). The second-order valence-corrected chi connectivity index (χ2v) is 5.02. The van der Waals surface area contributed by atoms with Crippen LogP contribution >= 0.6 is 0 Å². The van der Waals surface area contributed by atoms with E-state index in [-0.39, 0.29) is 0 Å². The second-order valence-electron chi connectivity index (χ2n) is 5.02. The zero-order valence-corrected chi connectivity index (χ0v) is 12.2. The Morgan fingerprint density at radius 1 is 0.773 bits per heavy atom. The van der Waals surface area contributed by atoms with Crippen LogP contribution in [0.2, 0.25) is 0 Å². The van der Waals surface area contributed by atoms with E-state index in [0.717, 1.165) is 28.0 Å². The van der Waals surface area contributed by atoms with Crippen molar-refractivity contribution in [3.8, 4) is 29.2 Å². The minimum Gasteiger partial charge on any atom is -0.489 e. The van der Waals surface area contributed by atoms with Crippen LogP contribution in [0, 0.1) is 12.3 Å². The summed E-state index contributed by atoms with van der Waals surface area (Å²) in [6, 6.07) is 26.2. The largest absolute Gasteiger partial charge is 0.489 e. The SMILES string of the molecule is C#Cc1ccc(-c2cccc(OCc3ccccc3)c2)cc1. The molecule has 3 aromatic rings. The molecular weight excluding hydrogens is 268 g/mol. The summed E-state index contributed by atoms with van der Waals surface area (Å²) >= 11 is 0. The fourth-order valence-corrected chi connectivity index (χ4v) is 2.27. The van der Waals surface area contributed by atoms with Gasteiger partial charge in [-0.3, -0.25) is 0 Å². The zero-order chi connectivity index (χ0) is 15.2. The van der Waals surface area contributed by atoms with E-state index >= 15 is 0 Å². The van der Waals surface area contributed by atoms with Gasteiger partial charge in [0, 0.05) is 5.56 Å². The van der Waals surface area contributed by atoms with Crippen molar-refractivity contribution in [2.24, 2.45) is 0 Å². The lowest BCUT2D eigenvalue weighted by atomic mass is 10.0. The molecule has 0 aliphatic heterocycles. The molecule has 0 radical (unpaired) electrons. The molecule has 1 heteroatoms. The lowest BCUT2D eigenvalue weighted by Crippen LogP contribution is -1.95. The fraction of sp³-hybridized carbons (Fsp3) is 0.0476. The third-order valence-electron chi connectivity index (χ3n) is 3.47. The van der Waals surface area contributed by atoms with Gasteiger partial charge >= 0.3 is 0 Å². The van der Waals surface area contributed by atoms with E-state index in [0.29, 0.717) is 6.61 Å². The van der Waals surface area contributed by atoms with Crippen LogP contribution in [-0.2, 0) is 6.61 Å². The van der Waals surface area contributed by atoms with Crippen molar-refractivity contribution in [1.29, 1.82) is 0 Å². The molecule has 0 aliphatic rings. The summed E-state index contributed by atoms with van der Waals surface area (Å²) < 4.78 is 5.87. The number of hydrogen-bond donors (Lipinski definition) is 0. The highest BCUT2D eigenvalue weighted by Crippen LogP contribution is 2.24. The minimum absolute atomic E-state index is 0.570. The molecule has 22 heavy (non-hydrogen) atoms. The van der Waals surface area contributed by atoms with Crippen molar-refractivity contribution in [3.05, 3.63) is 90.0 Å². The molecule has 0 fully saturated rings. The second kappa shape index (κ2) is 6.65. The van der Waals surface area contributed by atoms with Gasteiger partial charge in [0.25, 0.3) is 0 Å². The van der Waals surface area contributed by atoms with Crippen LogP contribution in [0.1, 0.15) is 11.1 Å². The summed E-state index contributed by atoms with van der Waals surface area (Å²) in [4.78, 5) is 0. The van der Waals surface area contributed by atoms with E-state index in [1.54, 1.807) is 0 Å². The van der Waals surface area contributed by atoms with Gasteiger partial charge in [0.1, 0.15) is 12.4 Å². The van der Waals surface area contributed by atoms with Gasteiger partial charge in [-0.05, 0) is 41.0 Å². The lowest BCUT2D eigenvalue weighted by molar-refractivity contribution is 0.306. The highest BCUT2D eigenvalue weighted by Gasteiger charge is 2.01. The third kappa shape index (κ3) is 3.37. The van der Waals surface area contributed by atoms with E-state index in [1.165, 1.54) is 0 Å². The Balaban J connectivity index is 1.76. The average Bonchev–Trinajstić information content (AvgIpc) is 2.61. The summed E-state index contributed by atoms with van der Waals surface area (Å²) in [5.74, 6) is 3.49. The lowest BCUT2D eigenvalue weighted by Gasteiger charge is -2.08. The van der Waals surface area contributed by atoms with Gasteiger partial charge in [-0.25, -0.2) is 0 Å². The van der Waals surface area contributed by atoms with Crippen molar-refractivity contribution in [2.45, 2.75) is 6.61 Å². The van der Waals surface area contributed by atoms with Crippen molar-refractivity contribution >= 4 is 0 Å². The van der Waals surface area contributed by atoms with Crippen LogP contribution in [0.4, 0.5) is 0 Å². The Kier molecular flexibility index (Phi) is 4.22. The van der Waals surface area contributed by atoms with Crippen LogP contribution < -0.4 is 4.74 Å². The van der Waals surface area contributed by atoms with Crippen molar-refractivity contribution in [1.82, 2.24) is 0 Å². The first-order valence-electron chi connectivity index (χ1n) is 7.19. The van der Waals surface area contributed by atoms with Gasteiger partial charge in [0.15, 0.2) is 0 Å². The monoisotopic (exact) mass is 284 g/mol. The van der Waals surface area contributed by atoms with Crippen LogP contribution in [0.15, 0.2) is 78.9 Å². The molecule has 3 aromatic carbocycles. The molecule has 0 saturated carbocycles. The number of terminal acetylenes is 1. The van der Waals surface area contributed by atoms with E-state index in [9.17, 15) is 0 Å². The maximum Gasteiger partial charge on any atom is 0.120 e. The summed E-state index contributed by atoms with van der Waals surface area (Å²) in [6.45, 7) is 0.570. The molecule has 0 aliphatic carbocycles. The molecule has 0 atom stereocenters. The first-order valence-corrected chi connectivity index (χ1v) is 7.19. The molecule has 106 valence electrons. The molecule has 0 bridgehead atoms. The molecule has 0 aromatic heterocycles. The molecule has 0 unspecified atom stereocenters. The Bertz CT molecular complexity index is 780. The van der Waals surface area contributed by atoms with Crippen LogP contribution in [-0.4, -0.2) is 0 Å². The van der Waals surface area contributed by atoms with E-state index in [1.807, 2.05) is 60.7 Å². The summed E-state index contributed by atoms with van der Waals surface area (Å²) in [7, 11) is 0. The number of rotatable bonds is 4. The van der Waals surface area contributed by atoms with Gasteiger partial charge in [0.2, 0.25) is 0 Å². The maximum absolute atomic E-state index is 5.87. The normalized spacial score (nSPS) is 9.95. The fourth-order valence-electron chi connectivity index (χ4n) is 2.27. The zero-order valence-electron chi connectivity index (χ0n) is 12.2. The molecular formula is C21H16O. The van der Waals surface area contributed by atoms with Gasteiger partial charge in [-0.15, -0.1) is 6.42 Å². The quantitative estimate of drug-likeness (QED) is 0.618. The van der Waals surface area contributed by atoms with Crippen molar-refractivity contribution < 1.29 is 4.74 Å². The Morgan fingerprint density at radius 3 is 2.27 bits per heavy atom. The standard InChI is InChI=1S/C21H16O/c1-2-17-11-13-19(14-12-17)20-9-6-10-21(15-20)22-16-18-7-4-3-5-8-18/h1,3-15H,16H2. The van der Waals surface area contributed by atoms with Crippen LogP contribution in [0.5, 0.6) is 5.75 Å². The molecule has 0 N–H and O–H groups in total. The molecule has 0 saturated heterocycles. The summed E-state index contributed by atoms with van der Waals surface area (Å²) in [5.41, 5.74) is 4.30. The molecule has 0 spiro atoms. The highest BCUT2D eigenvalue weighted by molar-refractivity contribution is 5.65.